The third-order valence-corrected chi connectivity index (χ3v) is 3.24. The van der Waals surface area contributed by atoms with Crippen LogP contribution in [0.25, 0.3) is 0 Å². The fraction of sp³-hybridized carbons (Fsp3) is 0.625. The fourth-order valence-electron chi connectivity index (χ4n) is 1.98. The first-order chi connectivity index (χ1) is 12.5. The van der Waals surface area contributed by atoms with Gasteiger partial charge in [0.25, 0.3) is 0 Å². The Kier molecular flexibility index (Phi) is 14.0. The van der Waals surface area contributed by atoms with Gasteiger partial charge in [0.1, 0.15) is 5.82 Å². The van der Waals surface area contributed by atoms with Gasteiger partial charge in [0.15, 0.2) is 5.96 Å². The van der Waals surface area contributed by atoms with Crippen molar-refractivity contribution in [2.75, 3.05) is 58.9 Å². The van der Waals surface area contributed by atoms with Crippen molar-refractivity contribution in [1.29, 1.82) is 0 Å². The lowest BCUT2D eigenvalue weighted by atomic mass is 10.2. The van der Waals surface area contributed by atoms with Gasteiger partial charge in [-0.15, -0.1) is 24.0 Å². The van der Waals surface area contributed by atoms with E-state index in [-0.39, 0.29) is 36.3 Å². The maximum Gasteiger partial charge on any atom is 0.419 e. The number of pyridine rings is 1. The van der Waals surface area contributed by atoms with Crippen LogP contribution in [-0.4, -0.2) is 64.6 Å². The topological polar surface area (TPSA) is 79.8 Å². The molecule has 1 aromatic heterocycles. The molecule has 1 heterocycles. The first kappa shape index (κ1) is 25.7. The van der Waals surface area contributed by atoms with E-state index in [2.05, 4.69) is 25.9 Å². The number of aliphatic imine (C=N–C) groups is 1. The summed E-state index contributed by atoms with van der Waals surface area (Å²) in [7, 11) is 3.24. The molecule has 0 fully saturated rings. The van der Waals surface area contributed by atoms with Gasteiger partial charge in [-0.25, -0.2) is 4.98 Å². The number of halogens is 4. The van der Waals surface area contributed by atoms with E-state index in [0.29, 0.717) is 38.9 Å². The summed E-state index contributed by atoms with van der Waals surface area (Å²) in [5.74, 6) is 0.388. The van der Waals surface area contributed by atoms with Crippen molar-refractivity contribution in [3.63, 3.8) is 0 Å². The smallest absolute Gasteiger partial charge is 0.382 e. The molecule has 0 spiro atoms. The lowest BCUT2D eigenvalue weighted by Crippen LogP contribution is -2.40. The van der Waals surface area contributed by atoms with Crippen LogP contribution in [-0.2, 0) is 15.7 Å². The van der Waals surface area contributed by atoms with Crippen LogP contribution in [0.2, 0.25) is 0 Å². The van der Waals surface area contributed by atoms with Crippen LogP contribution in [0.5, 0.6) is 0 Å². The van der Waals surface area contributed by atoms with Crippen LogP contribution in [0.1, 0.15) is 12.0 Å². The van der Waals surface area contributed by atoms with Gasteiger partial charge in [-0.05, 0) is 18.6 Å². The summed E-state index contributed by atoms with van der Waals surface area (Å²) in [6, 6.07) is 2.26. The first-order valence-electron chi connectivity index (χ1n) is 8.26. The highest BCUT2D eigenvalue weighted by molar-refractivity contribution is 14.0. The maximum atomic E-state index is 12.9. The van der Waals surface area contributed by atoms with Crippen LogP contribution >= 0.6 is 24.0 Å². The van der Waals surface area contributed by atoms with Crippen LogP contribution in [0, 0.1) is 0 Å². The Hall–Kier alpha value is -1.34. The summed E-state index contributed by atoms with van der Waals surface area (Å²) >= 11 is 0. The normalized spacial score (nSPS) is 11.7. The van der Waals surface area contributed by atoms with E-state index in [9.17, 15) is 13.2 Å². The van der Waals surface area contributed by atoms with Crippen LogP contribution in [0.15, 0.2) is 23.3 Å². The van der Waals surface area contributed by atoms with E-state index in [1.807, 2.05) is 0 Å². The van der Waals surface area contributed by atoms with Crippen molar-refractivity contribution < 1.29 is 22.6 Å². The number of alkyl halides is 3. The molecule has 0 amide bonds. The highest BCUT2D eigenvalue weighted by Crippen LogP contribution is 2.33. The molecule has 11 heteroatoms. The summed E-state index contributed by atoms with van der Waals surface area (Å²) < 4.78 is 48.8. The monoisotopic (exact) mass is 505 g/mol. The predicted octanol–water partition coefficient (Wildman–Crippen LogP) is 2.35. The molecule has 0 saturated heterocycles. The van der Waals surface area contributed by atoms with Crippen molar-refractivity contribution in [1.82, 2.24) is 15.6 Å². The number of guanidine groups is 1. The minimum Gasteiger partial charge on any atom is -0.382 e. The summed E-state index contributed by atoms with van der Waals surface area (Å²) in [4.78, 5) is 7.79. The third-order valence-electron chi connectivity index (χ3n) is 3.24. The number of rotatable bonds is 11. The summed E-state index contributed by atoms with van der Waals surface area (Å²) in [5.41, 5.74) is -0.781. The van der Waals surface area contributed by atoms with Crippen molar-refractivity contribution in [2.45, 2.75) is 12.6 Å². The number of methoxy groups -OCH3 is 1. The van der Waals surface area contributed by atoms with Gasteiger partial charge in [-0.3, -0.25) is 4.99 Å². The lowest BCUT2D eigenvalue weighted by Gasteiger charge is -2.15. The molecule has 0 aliphatic rings. The molecule has 3 N–H and O–H groups in total. The molecule has 7 nitrogen and oxygen atoms in total. The van der Waals surface area contributed by atoms with Crippen molar-refractivity contribution in [2.24, 2.45) is 4.99 Å². The number of nitrogens with zero attached hydrogens (tertiary/aromatic N) is 2. The molecule has 0 aliphatic heterocycles. The Morgan fingerprint density at radius 1 is 1.15 bits per heavy atom. The Balaban J connectivity index is 0.00000676. The van der Waals surface area contributed by atoms with Gasteiger partial charge in [0.2, 0.25) is 0 Å². The first-order valence-corrected chi connectivity index (χ1v) is 8.26. The Bertz CT molecular complexity index is 547. The minimum atomic E-state index is -4.44. The molecule has 1 rings (SSSR count). The summed E-state index contributed by atoms with van der Waals surface area (Å²) in [6.45, 7) is 3.05. The summed E-state index contributed by atoms with van der Waals surface area (Å²) in [6.07, 6.45) is -2.32. The second-order valence-corrected chi connectivity index (χ2v) is 5.21. The van der Waals surface area contributed by atoms with Crippen molar-refractivity contribution >= 4 is 35.8 Å². The third kappa shape index (κ3) is 11.2. The van der Waals surface area contributed by atoms with E-state index in [1.54, 1.807) is 14.2 Å². The largest absolute Gasteiger partial charge is 0.419 e. The number of ether oxygens (including phenoxy) is 2. The molecule has 0 bridgehead atoms. The van der Waals surface area contributed by atoms with E-state index < -0.39 is 11.7 Å². The van der Waals surface area contributed by atoms with Gasteiger partial charge >= 0.3 is 6.18 Å². The van der Waals surface area contributed by atoms with Gasteiger partial charge in [0.05, 0.1) is 18.8 Å². The molecule has 0 unspecified atom stereocenters. The fourth-order valence-corrected chi connectivity index (χ4v) is 1.98. The van der Waals surface area contributed by atoms with E-state index in [4.69, 9.17) is 9.47 Å². The van der Waals surface area contributed by atoms with E-state index >= 15 is 0 Å². The van der Waals surface area contributed by atoms with Gasteiger partial charge in [-0.2, -0.15) is 13.2 Å². The standard InChI is InChI=1S/C16H26F3N5O2.HI/c1-20-15(23-7-4-10-26-12-11-25-2)24-9-8-22-14-13(16(17,18)19)5-3-6-21-14;/h3,5-6H,4,7-12H2,1-2H3,(H,21,22)(H2,20,23,24);1H. The molecule has 27 heavy (non-hydrogen) atoms. The van der Waals surface area contributed by atoms with Crippen LogP contribution < -0.4 is 16.0 Å². The Morgan fingerprint density at radius 3 is 2.56 bits per heavy atom. The molecule has 0 aromatic carbocycles. The molecular weight excluding hydrogens is 478 g/mol. The van der Waals surface area contributed by atoms with Gasteiger partial charge < -0.3 is 25.4 Å². The zero-order chi connectivity index (χ0) is 19.3. The van der Waals surface area contributed by atoms with Crippen LogP contribution in [0.3, 0.4) is 0 Å². The Morgan fingerprint density at radius 2 is 1.89 bits per heavy atom. The highest BCUT2D eigenvalue weighted by atomic mass is 127. The van der Waals surface area contributed by atoms with E-state index in [1.165, 1.54) is 12.3 Å². The second kappa shape index (κ2) is 14.7. The van der Waals surface area contributed by atoms with Crippen LogP contribution in [0.4, 0.5) is 19.0 Å². The SMILES string of the molecule is CN=C(NCCCOCCOC)NCCNc1ncccc1C(F)(F)F.I. The van der Waals surface area contributed by atoms with Crippen molar-refractivity contribution in [3.8, 4) is 0 Å². The average molecular weight is 505 g/mol. The molecule has 156 valence electrons. The number of hydrogen-bond acceptors (Lipinski definition) is 5. The molecule has 0 radical (unpaired) electrons. The molecule has 0 atom stereocenters. The Labute approximate surface area is 174 Å². The summed E-state index contributed by atoms with van der Waals surface area (Å²) in [5, 5.41) is 8.80. The predicted molar refractivity (Wildman–Crippen MR) is 110 cm³/mol. The van der Waals surface area contributed by atoms with E-state index in [0.717, 1.165) is 12.5 Å². The number of aromatic nitrogens is 1. The maximum absolute atomic E-state index is 12.9. The quantitative estimate of drug-likeness (QED) is 0.186. The zero-order valence-electron chi connectivity index (χ0n) is 15.4. The average Bonchev–Trinajstić information content (AvgIpc) is 2.62. The number of nitrogens with one attached hydrogen (secondary N) is 3. The molecule has 0 aliphatic carbocycles. The molecule has 1 aromatic rings. The molecular formula is C16H27F3IN5O2. The highest BCUT2D eigenvalue weighted by Gasteiger charge is 2.33. The number of hydrogen-bond donors (Lipinski definition) is 3. The zero-order valence-corrected chi connectivity index (χ0v) is 17.8. The van der Waals surface area contributed by atoms with Gasteiger partial charge in [0, 0.05) is 46.6 Å². The second-order valence-electron chi connectivity index (χ2n) is 5.21. The molecule has 0 saturated carbocycles. The van der Waals surface area contributed by atoms with Gasteiger partial charge in [-0.1, -0.05) is 0 Å². The lowest BCUT2D eigenvalue weighted by molar-refractivity contribution is -0.137. The van der Waals surface area contributed by atoms with Crippen molar-refractivity contribution in [3.05, 3.63) is 23.9 Å². The number of anilines is 1. The minimum absolute atomic E-state index is 0.